The normalized spacial score (nSPS) is 12.8. The number of thiazole rings is 1. The zero-order valence-electron chi connectivity index (χ0n) is 10.6. The van der Waals surface area contributed by atoms with Crippen LogP contribution < -0.4 is 5.73 Å². The Morgan fingerprint density at radius 2 is 2.22 bits per heavy atom. The summed E-state index contributed by atoms with van der Waals surface area (Å²) in [4.78, 5) is 16.6. The lowest BCUT2D eigenvalue weighted by Gasteiger charge is -2.10. The van der Waals surface area contributed by atoms with Crippen molar-refractivity contribution < 1.29 is 4.79 Å². The minimum absolute atomic E-state index is 0.0120. The smallest absolute Gasteiger partial charge is 0.144 e. The molecule has 18 heavy (non-hydrogen) atoms. The SMILES string of the molecule is CCCC(CN)C(=O)Cc1nc2ccccc2s1. The summed E-state index contributed by atoms with van der Waals surface area (Å²) in [5, 5.41) is 0.899. The molecule has 3 nitrogen and oxygen atoms in total. The molecule has 2 N–H and O–H groups in total. The number of rotatable bonds is 6. The minimum Gasteiger partial charge on any atom is -0.330 e. The average molecular weight is 262 g/mol. The molecule has 0 aliphatic carbocycles. The van der Waals surface area contributed by atoms with Gasteiger partial charge in [-0.3, -0.25) is 4.79 Å². The number of carbonyl (C=O) groups is 1. The van der Waals surface area contributed by atoms with Gasteiger partial charge in [0.05, 0.1) is 16.6 Å². The molecular formula is C14H18N2OS. The number of nitrogens with zero attached hydrogens (tertiary/aromatic N) is 1. The monoisotopic (exact) mass is 262 g/mol. The predicted octanol–water partition coefficient (Wildman–Crippen LogP) is 2.78. The summed E-state index contributed by atoms with van der Waals surface area (Å²) < 4.78 is 1.14. The van der Waals surface area contributed by atoms with E-state index in [2.05, 4.69) is 11.9 Å². The van der Waals surface area contributed by atoms with E-state index < -0.39 is 0 Å². The van der Waals surface area contributed by atoms with Gasteiger partial charge in [-0.05, 0) is 18.6 Å². The summed E-state index contributed by atoms with van der Waals surface area (Å²) in [7, 11) is 0. The Kier molecular flexibility index (Phi) is 4.44. The van der Waals surface area contributed by atoms with Crippen LogP contribution in [0.1, 0.15) is 24.8 Å². The van der Waals surface area contributed by atoms with Crippen LogP contribution in [-0.2, 0) is 11.2 Å². The van der Waals surface area contributed by atoms with Crippen LogP contribution >= 0.6 is 11.3 Å². The highest BCUT2D eigenvalue weighted by Gasteiger charge is 2.17. The Hall–Kier alpha value is -1.26. The third kappa shape index (κ3) is 2.94. The van der Waals surface area contributed by atoms with Gasteiger partial charge >= 0.3 is 0 Å². The van der Waals surface area contributed by atoms with Crippen LogP contribution in [0.25, 0.3) is 10.2 Å². The molecular weight excluding hydrogens is 244 g/mol. The molecule has 1 atom stereocenters. The number of para-hydroxylation sites is 1. The lowest BCUT2D eigenvalue weighted by atomic mass is 9.97. The first-order valence-corrected chi connectivity index (χ1v) is 7.13. The zero-order valence-corrected chi connectivity index (χ0v) is 11.4. The fourth-order valence-corrected chi connectivity index (χ4v) is 3.02. The van der Waals surface area contributed by atoms with Crippen LogP contribution in [0.2, 0.25) is 0 Å². The van der Waals surface area contributed by atoms with E-state index in [-0.39, 0.29) is 11.7 Å². The van der Waals surface area contributed by atoms with E-state index in [4.69, 9.17) is 5.73 Å². The molecule has 0 fully saturated rings. The van der Waals surface area contributed by atoms with Gasteiger partial charge in [0.2, 0.25) is 0 Å². The van der Waals surface area contributed by atoms with E-state index in [1.165, 1.54) is 0 Å². The van der Waals surface area contributed by atoms with E-state index in [0.29, 0.717) is 13.0 Å². The van der Waals surface area contributed by atoms with E-state index >= 15 is 0 Å². The Bertz CT molecular complexity index is 502. The highest BCUT2D eigenvalue weighted by molar-refractivity contribution is 7.18. The van der Waals surface area contributed by atoms with Crippen molar-refractivity contribution in [3.05, 3.63) is 29.3 Å². The number of nitrogens with two attached hydrogens (primary N) is 1. The second-order valence-electron chi connectivity index (χ2n) is 4.44. The van der Waals surface area contributed by atoms with Gasteiger partial charge in [-0.15, -0.1) is 11.3 Å². The first kappa shape index (κ1) is 13.2. The maximum absolute atomic E-state index is 12.1. The Labute approximate surface area is 111 Å². The van der Waals surface area contributed by atoms with Gasteiger partial charge in [0.1, 0.15) is 10.8 Å². The van der Waals surface area contributed by atoms with Crippen LogP contribution in [0.4, 0.5) is 0 Å². The van der Waals surface area contributed by atoms with Crippen molar-refractivity contribution in [1.29, 1.82) is 0 Å². The number of hydrogen-bond donors (Lipinski definition) is 1. The van der Waals surface area contributed by atoms with Crippen LogP contribution in [-0.4, -0.2) is 17.3 Å². The highest BCUT2D eigenvalue weighted by atomic mass is 32.1. The second kappa shape index (κ2) is 6.07. The largest absolute Gasteiger partial charge is 0.330 e. The van der Waals surface area contributed by atoms with Crippen LogP contribution in [0.15, 0.2) is 24.3 Å². The van der Waals surface area contributed by atoms with Crippen molar-refractivity contribution in [2.45, 2.75) is 26.2 Å². The average Bonchev–Trinajstić information content (AvgIpc) is 2.77. The molecule has 2 rings (SSSR count). The molecule has 1 unspecified atom stereocenters. The Balaban J connectivity index is 2.10. The molecule has 0 aliphatic rings. The second-order valence-corrected chi connectivity index (χ2v) is 5.55. The van der Waals surface area contributed by atoms with Crippen molar-refractivity contribution >= 4 is 27.3 Å². The van der Waals surface area contributed by atoms with Crippen molar-refractivity contribution in [1.82, 2.24) is 4.98 Å². The molecule has 0 saturated heterocycles. The number of Topliss-reactive ketones (excluding diaryl/α,β-unsaturated/α-hetero) is 1. The summed E-state index contributed by atoms with van der Waals surface area (Å²) in [5.41, 5.74) is 6.63. The first-order chi connectivity index (χ1) is 8.74. The molecule has 0 saturated carbocycles. The lowest BCUT2D eigenvalue weighted by Crippen LogP contribution is -2.24. The quantitative estimate of drug-likeness (QED) is 0.871. The Morgan fingerprint density at radius 3 is 2.89 bits per heavy atom. The number of ketones is 1. The van der Waals surface area contributed by atoms with Crippen molar-refractivity contribution in [2.24, 2.45) is 11.7 Å². The molecule has 96 valence electrons. The molecule has 0 radical (unpaired) electrons. The van der Waals surface area contributed by atoms with Gasteiger partial charge in [0, 0.05) is 12.5 Å². The number of aromatic nitrogens is 1. The molecule has 0 amide bonds. The van der Waals surface area contributed by atoms with Gasteiger partial charge in [-0.25, -0.2) is 4.98 Å². The van der Waals surface area contributed by atoms with E-state index in [1.807, 2.05) is 24.3 Å². The highest BCUT2D eigenvalue weighted by Crippen LogP contribution is 2.23. The number of carbonyl (C=O) groups excluding carboxylic acids is 1. The summed E-state index contributed by atoms with van der Waals surface area (Å²) in [5.74, 6) is 0.209. The summed E-state index contributed by atoms with van der Waals surface area (Å²) >= 11 is 1.60. The first-order valence-electron chi connectivity index (χ1n) is 6.31. The molecule has 1 heterocycles. The summed E-state index contributed by atoms with van der Waals surface area (Å²) in [6.07, 6.45) is 2.29. The van der Waals surface area contributed by atoms with Gasteiger partial charge in [0.15, 0.2) is 0 Å². The van der Waals surface area contributed by atoms with E-state index in [9.17, 15) is 4.79 Å². The molecule has 1 aromatic heterocycles. The molecule has 0 aliphatic heterocycles. The third-order valence-corrected chi connectivity index (χ3v) is 4.08. The van der Waals surface area contributed by atoms with Gasteiger partial charge in [0.25, 0.3) is 0 Å². The Morgan fingerprint density at radius 1 is 1.44 bits per heavy atom. The minimum atomic E-state index is -0.0120. The maximum atomic E-state index is 12.1. The number of benzene rings is 1. The standard InChI is InChI=1S/C14H18N2OS/c1-2-5-10(9-15)12(17)8-14-16-11-6-3-4-7-13(11)18-14/h3-4,6-7,10H,2,5,8-9,15H2,1H3. The summed E-state index contributed by atoms with van der Waals surface area (Å²) in [6, 6.07) is 7.97. The van der Waals surface area contributed by atoms with E-state index in [0.717, 1.165) is 28.1 Å². The maximum Gasteiger partial charge on any atom is 0.144 e. The lowest BCUT2D eigenvalue weighted by molar-refractivity contribution is -0.122. The van der Waals surface area contributed by atoms with Crippen molar-refractivity contribution in [3.63, 3.8) is 0 Å². The molecule has 0 spiro atoms. The van der Waals surface area contributed by atoms with Crippen LogP contribution in [0, 0.1) is 5.92 Å². The van der Waals surface area contributed by atoms with E-state index in [1.54, 1.807) is 11.3 Å². The van der Waals surface area contributed by atoms with Gasteiger partial charge < -0.3 is 5.73 Å². The topological polar surface area (TPSA) is 56.0 Å². The van der Waals surface area contributed by atoms with Crippen molar-refractivity contribution in [3.8, 4) is 0 Å². The fraction of sp³-hybridized carbons (Fsp3) is 0.429. The molecule has 1 aromatic carbocycles. The third-order valence-electron chi connectivity index (χ3n) is 3.04. The molecule has 0 bridgehead atoms. The number of fused-ring (bicyclic) bond motifs is 1. The van der Waals surface area contributed by atoms with Gasteiger partial charge in [-0.1, -0.05) is 25.5 Å². The number of hydrogen-bond acceptors (Lipinski definition) is 4. The van der Waals surface area contributed by atoms with Gasteiger partial charge in [-0.2, -0.15) is 0 Å². The van der Waals surface area contributed by atoms with Crippen LogP contribution in [0.5, 0.6) is 0 Å². The van der Waals surface area contributed by atoms with Crippen LogP contribution in [0.3, 0.4) is 0 Å². The summed E-state index contributed by atoms with van der Waals surface area (Å²) in [6.45, 7) is 2.52. The zero-order chi connectivity index (χ0) is 13.0. The molecule has 4 heteroatoms. The predicted molar refractivity (Wildman–Crippen MR) is 75.8 cm³/mol. The molecule has 2 aromatic rings. The van der Waals surface area contributed by atoms with Crippen molar-refractivity contribution in [2.75, 3.05) is 6.54 Å². The fourth-order valence-electron chi connectivity index (χ4n) is 2.05.